The average molecular weight is 673 g/mol. The molecule has 0 saturated carbocycles. The third-order valence-electron chi connectivity index (χ3n) is 9.70. The van der Waals surface area contributed by atoms with Gasteiger partial charge in [-0.05, 0) is 84.1 Å². The molecule has 4 nitrogen and oxygen atoms in total. The van der Waals surface area contributed by atoms with Crippen molar-refractivity contribution >= 4 is 21.8 Å². The highest BCUT2D eigenvalue weighted by atomic mass is 19.1. The number of benzene rings is 7. The van der Waals surface area contributed by atoms with Gasteiger partial charge in [-0.15, -0.1) is 0 Å². The summed E-state index contributed by atoms with van der Waals surface area (Å²) in [5.74, 6) is 1.44. The maximum absolute atomic E-state index is 14.6. The lowest BCUT2D eigenvalue weighted by molar-refractivity contribution is 0.628. The summed E-state index contributed by atoms with van der Waals surface area (Å²) < 4.78 is 16.9. The Kier molecular flexibility index (Phi) is 7.74. The molecule has 0 atom stereocenters. The quantitative estimate of drug-likeness (QED) is 0.177. The minimum atomic E-state index is -0.281. The van der Waals surface area contributed by atoms with Crippen molar-refractivity contribution in [2.24, 2.45) is 0 Å². The third-order valence-corrected chi connectivity index (χ3v) is 9.70. The number of aromatic nitrogens is 4. The van der Waals surface area contributed by atoms with E-state index in [-0.39, 0.29) is 5.82 Å². The van der Waals surface area contributed by atoms with E-state index in [1.165, 1.54) is 28.3 Å². The first-order valence-corrected chi connectivity index (χ1v) is 17.4. The predicted octanol–water partition coefficient (Wildman–Crippen LogP) is 12.1. The first kappa shape index (κ1) is 31.3. The molecule has 0 saturated heterocycles. The second-order valence-electron chi connectivity index (χ2n) is 13.2. The van der Waals surface area contributed by atoms with Crippen LogP contribution in [0.2, 0.25) is 0 Å². The van der Waals surface area contributed by atoms with Gasteiger partial charge in [0.2, 0.25) is 0 Å². The molecule has 7 aromatic carbocycles. The molecule has 248 valence electrons. The van der Waals surface area contributed by atoms with Gasteiger partial charge in [-0.2, -0.15) is 0 Å². The van der Waals surface area contributed by atoms with Crippen LogP contribution in [0, 0.1) is 19.7 Å². The molecule has 9 aromatic rings. The minimum Gasteiger partial charge on any atom is -0.308 e. The number of rotatable bonds is 6. The molecule has 2 heterocycles. The van der Waals surface area contributed by atoms with Crippen molar-refractivity contribution in [2.45, 2.75) is 13.8 Å². The van der Waals surface area contributed by atoms with Gasteiger partial charge in [-0.25, -0.2) is 19.3 Å². The van der Waals surface area contributed by atoms with Gasteiger partial charge in [0.1, 0.15) is 5.82 Å². The van der Waals surface area contributed by atoms with Gasteiger partial charge in [0.05, 0.1) is 16.7 Å². The van der Waals surface area contributed by atoms with Crippen LogP contribution in [0.1, 0.15) is 11.1 Å². The summed E-state index contributed by atoms with van der Waals surface area (Å²) in [4.78, 5) is 15.2. The van der Waals surface area contributed by atoms with E-state index in [2.05, 4.69) is 91.2 Å². The summed E-state index contributed by atoms with van der Waals surface area (Å²) in [5.41, 5.74) is 12.2. The van der Waals surface area contributed by atoms with Crippen LogP contribution in [-0.2, 0) is 0 Å². The lowest BCUT2D eigenvalue weighted by atomic mass is 9.97. The Hall–Kier alpha value is -6.72. The van der Waals surface area contributed by atoms with Crippen molar-refractivity contribution in [1.29, 1.82) is 0 Å². The van der Waals surface area contributed by atoms with E-state index in [4.69, 9.17) is 15.0 Å². The van der Waals surface area contributed by atoms with Crippen LogP contribution in [0.25, 0.3) is 83.9 Å². The maximum atomic E-state index is 14.6. The molecule has 0 radical (unpaired) electrons. The van der Waals surface area contributed by atoms with Gasteiger partial charge in [-0.1, -0.05) is 127 Å². The summed E-state index contributed by atoms with van der Waals surface area (Å²) in [6, 6.07) is 54.8. The third kappa shape index (κ3) is 5.62. The summed E-state index contributed by atoms with van der Waals surface area (Å²) >= 11 is 0. The lowest BCUT2D eigenvalue weighted by Crippen LogP contribution is -2.04. The van der Waals surface area contributed by atoms with Crippen molar-refractivity contribution in [1.82, 2.24) is 19.5 Å². The van der Waals surface area contributed by atoms with E-state index < -0.39 is 0 Å². The molecule has 0 aliphatic rings. The SMILES string of the molecule is Cc1ccc(-c2ccc3c(c2)c2ccccc2n3-c2cc(-c3cccc(F)c3)ccc2-c2nc(-c3ccccc3)nc(-c3ccccc3)n2)c(C)c1. The van der Waals surface area contributed by atoms with E-state index in [1.54, 1.807) is 12.1 Å². The topological polar surface area (TPSA) is 43.6 Å². The fourth-order valence-electron chi connectivity index (χ4n) is 7.22. The molecule has 0 N–H and O–H groups in total. The van der Waals surface area contributed by atoms with Crippen LogP contribution in [-0.4, -0.2) is 19.5 Å². The molecule has 0 spiro atoms. The van der Waals surface area contributed by atoms with Crippen LogP contribution >= 0.6 is 0 Å². The van der Waals surface area contributed by atoms with Gasteiger partial charge in [0.25, 0.3) is 0 Å². The number of aryl methyl sites for hydroxylation is 2. The molecule has 0 fully saturated rings. The van der Waals surface area contributed by atoms with E-state index in [0.717, 1.165) is 55.3 Å². The Morgan fingerprint density at radius 2 is 1.02 bits per heavy atom. The lowest BCUT2D eigenvalue weighted by Gasteiger charge is -2.16. The van der Waals surface area contributed by atoms with Gasteiger partial charge in [-0.3, -0.25) is 0 Å². The van der Waals surface area contributed by atoms with Crippen LogP contribution in [0.15, 0.2) is 164 Å². The Labute approximate surface area is 301 Å². The number of fused-ring (bicyclic) bond motifs is 3. The second-order valence-corrected chi connectivity index (χ2v) is 13.2. The zero-order chi connectivity index (χ0) is 35.2. The molecule has 0 amide bonds. The number of para-hydroxylation sites is 1. The Morgan fingerprint density at radius 1 is 0.423 bits per heavy atom. The number of hydrogen-bond donors (Lipinski definition) is 0. The molecule has 52 heavy (non-hydrogen) atoms. The molecule has 5 heteroatoms. The van der Waals surface area contributed by atoms with E-state index in [0.29, 0.717) is 17.5 Å². The summed E-state index contributed by atoms with van der Waals surface area (Å²) in [6.45, 7) is 4.30. The molecule has 2 aromatic heterocycles. The highest BCUT2D eigenvalue weighted by Crippen LogP contribution is 2.40. The molecule has 9 rings (SSSR count). The van der Waals surface area contributed by atoms with E-state index in [9.17, 15) is 4.39 Å². The first-order valence-electron chi connectivity index (χ1n) is 17.4. The number of hydrogen-bond acceptors (Lipinski definition) is 3. The fourth-order valence-corrected chi connectivity index (χ4v) is 7.22. The van der Waals surface area contributed by atoms with Crippen molar-refractivity contribution in [3.63, 3.8) is 0 Å². The molecule has 0 aliphatic carbocycles. The second kappa shape index (κ2) is 12.9. The molecule has 0 bridgehead atoms. The highest BCUT2D eigenvalue weighted by molar-refractivity contribution is 6.11. The minimum absolute atomic E-state index is 0.281. The van der Waals surface area contributed by atoms with Gasteiger partial charge in [0, 0.05) is 27.5 Å². The average Bonchev–Trinajstić information content (AvgIpc) is 3.52. The van der Waals surface area contributed by atoms with E-state index in [1.807, 2.05) is 72.8 Å². The zero-order valence-corrected chi connectivity index (χ0v) is 28.8. The summed E-state index contributed by atoms with van der Waals surface area (Å²) in [6.07, 6.45) is 0. The predicted molar refractivity (Wildman–Crippen MR) is 211 cm³/mol. The van der Waals surface area contributed by atoms with E-state index >= 15 is 0 Å². The monoisotopic (exact) mass is 672 g/mol. The molecule has 0 aliphatic heterocycles. The summed E-state index contributed by atoms with van der Waals surface area (Å²) in [7, 11) is 0. The van der Waals surface area contributed by atoms with Gasteiger partial charge >= 0.3 is 0 Å². The highest BCUT2D eigenvalue weighted by Gasteiger charge is 2.21. The van der Waals surface area contributed by atoms with Gasteiger partial charge < -0.3 is 4.57 Å². The van der Waals surface area contributed by atoms with Gasteiger partial charge in [0.15, 0.2) is 17.5 Å². The Bertz CT molecular complexity index is 2710. The van der Waals surface area contributed by atoms with Crippen molar-refractivity contribution in [3.05, 3.63) is 181 Å². The normalized spacial score (nSPS) is 11.4. The standard InChI is InChI=1S/C47H33FN4/c1-30-20-23-38(31(2)26-30)36-22-25-43-41(28-36)39-18-9-10-19-42(39)52(43)44-29-35(34-16-11-17-37(48)27-34)21-24-40(44)47-50-45(32-12-5-3-6-13-32)49-46(51-47)33-14-7-4-8-15-33/h3-29H,1-2H3. The summed E-state index contributed by atoms with van der Waals surface area (Å²) in [5, 5.41) is 2.28. The van der Waals surface area contributed by atoms with Crippen molar-refractivity contribution in [3.8, 4) is 62.1 Å². The molecule has 0 unspecified atom stereocenters. The fraction of sp³-hybridized carbons (Fsp3) is 0.0426. The number of halogens is 1. The largest absolute Gasteiger partial charge is 0.308 e. The van der Waals surface area contributed by atoms with Crippen LogP contribution in [0.5, 0.6) is 0 Å². The number of nitrogens with zero attached hydrogens (tertiary/aromatic N) is 4. The zero-order valence-electron chi connectivity index (χ0n) is 28.8. The van der Waals surface area contributed by atoms with Crippen molar-refractivity contribution in [2.75, 3.05) is 0 Å². The smallest absolute Gasteiger partial charge is 0.166 e. The molecular weight excluding hydrogens is 640 g/mol. The Balaban J connectivity index is 1.34. The maximum Gasteiger partial charge on any atom is 0.166 e. The van der Waals surface area contributed by atoms with Crippen molar-refractivity contribution < 1.29 is 4.39 Å². The molecular formula is C47H33FN4. The first-order chi connectivity index (χ1) is 25.5. The van der Waals surface area contributed by atoms with Crippen LogP contribution < -0.4 is 0 Å². The van der Waals surface area contributed by atoms with Crippen LogP contribution in [0.3, 0.4) is 0 Å². The Morgan fingerprint density at radius 3 is 1.73 bits per heavy atom. The van der Waals surface area contributed by atoms with Crippen LogP contribution in [0.4, 0.5) is 4.39 Å².